The Bertz CT molecular complexity index is 800. The standard InChI is InChI=1S/C22H30F3N3O2/c1-27-12-16(9-14-5-7-15(10-20(14)27)22(23,24)25)28(21(26)30)19-4-2-3-13-6-8-17(29)11-18(13)19/h5,7,10,13,16-19,29H,2-4,6,8-9,11-12H2,1H3,(H2,26,30). The number of amides is 2. The summed E-state index contributed by atoms with van der Waals surface area (Å²) in [6, 6.07) is 3.12. The Morgan fingerprint density at radius 3 is 2.70 bits per heavy atom. The van der Waals surface area contributed by atoms with E-state index >= 15 is 0 Å². The minimum absolute atomic E-state index is 0.0226. The van der Waals surface area contributed by atoms with Crippen LogP contribution in [0.3, 0.4) is 0 Å². The lowest BCUT2D eigenvalue weighted by atomic mass is 9.67. The van der Waals surface area contributed by atoms with Crippen molar-refractivity contribution < 1.29 is 23.1 Å². The van der Waals surface area contributed by atoms with Crippen molar-refractivity contribution in [1.29, 1.82) is 0 Å². The molecule has 0 bridgehead atoms. The molecular weight excluding hydrogens is 395 g/mol. The molecule has 5 unspecified atom stereocenters. The van der Waals surface area contributed by atoms with Gasteiger partial charge >= 0.3 is 12.2 Å². The number of carbonyl (C=O) groups is 1. The number of rotatable bonds is 2. The van der Waals surface area contributed by atoms with E-state index in [0.29, 0.717) is 31.0 Å². The van der Waals surface area contributed by atoms with Crippen LogP contribution in [0.25, 0.3) is 0 Å². The summed E-state index contributed by atoms with van der Waals surface area (Å²) >= 11 is 0. The number of aliphatic hydroxyl groups excluding tert-OH is 1. The molecule has 4 rings (SSSR count). The van der Waals surface area contributed by atoms with E-state index in [1.807, 2.05) is 0 Å². The molecule has 0 aromatic heterocycles. The summed E-state index contributed by atoms with van der Waals surface area (Å²) in [5.41, 5.74) is 6.55. The van der Waals surface area contributed by atoms with Crippen molar-refractivity contribution in [3.8, 4) is 0 Å². The molecule has 3 N–H and O–H groups in total. The van der Waals surface area contributed by atoms with E-state index in [0.717, 1.165) is 43.7 Å². The molecule has 2 fully saturated rings. The molecule has 5 atom stereocenters. The summed E-state index contributed by atoms with van der Waals surface area (Å²) in [5.74, 6) is 0.728. The highest BCUT2D eigenvalue weighted by Gasteiger charge is 2.44. The van der Waals surface area contributed by atoms with E-state index in [1.165, 1.54) is 12.1 Å². The number of carbonyl (C=O) groups excluding carboxylic acids is 1. The minimum Gasteiger partial charge on any atom is -0.393 e. The molecular formula is C22H30F3N3O2. The first-order valence-electron chi connectivity index (χ1n) is 10.8. The Labute approximate surface area is 175 Å². The normalized spacial score (nSPS) is 31.6. The topological polar surface area (TPSA) is 69.8 Å². The number of nitrogens with zero attached hydrogens (tertiary/aromatic N) is 2. The number of anilines is 1. The molecule has 0 radical (unpaired) electrons. The van der Waals surface area contributed by atoms with Crippen LogP contribution in [-0.4, -0.2) is 47.8 Å². The Morgan fingerprint density at radius 2 is 2.00 bits per heavy atom. The zero-order valence-electron chi connectivity index (χ0n) is 17.2. The highest BCUT2D eigenvalue weighted by atomic mass is 19.4. The molecule has 166 valence electrons. The average molecular weight is 425 g/mol. The van der Waals surface area contributed by atoms with Gasteiger partial charge in [0.1, 0.15) is 0 Å². The van der Waals surface area contributed by atoms with Crippen LogP contribution in [0.4, 0.5) is 23.7 Å². The van der Waals surface area contributed by atoms with E-state index in [2.05, 4.69) is 0 Å². The lowest BCUT2D eigenvalue weighted by Gasteiger charge is -2.50. The van der Waals surface area contributed by atoms with Crippen LogP contribution in [0, 0.1) is 11.8 Å². The van der Waals surface area contributed by atoms with Crippen molar-refractivity contribution in [1.82, 2.24) is 4.90 Å². The Morgan fingerprint density at radius 1 is 1.23 bits per heavy atom. The van der Waals surface area contributed by atoms with E-state index in [1.54, 1.807) is 16.8 Å². The summed E-state index contributed by atoms with van der Waals surface area (Å²) in [4.78, 5) is 16.2. The largest absolute Gasteiger partial charge is 0.416 e. The van der Waals surface area contributed by atoms with E-state index in [-0.39, 0.29) is 24.1 Å². The van der Waals surface area contributed by atoms with Gasteiger partial charge in [-0.05, 0) is 61.6 Å². The van der Waals surface area contributed by atoms with Crippen molar-refractivity contribution in [2.24, 2.45) is 17.6 Å². The van der Waals surface area contributed by atoms with Gasteiger partial charge in [0, 0.05) is 25.3 Å². The van der Waals surface area contributed by atoms with Crippen LogP contribution in [0.2, 0.25) is 0 Å². The third kappa shape index (κ3) is 3.98. The molecule has 5 nitrogen and oxygen atoms in total. The Hall–Kier alpha value is -1.96. The molecule has 30 heavy (non-hydrogen) atoms. The first kappa shape index (κ1) is 21.3. The molecule has 1 aromatic carbocycles. The SMILES string of the molecule is CN1CC(N(C(N)=O)C2CCCC3CCC(O)CC32)Cc2ccc(C(F)(F)F)cc21. The summed E-state index contributed by atoms with van der Waals surface area (Å²) in [6.45, 7) is 0.438. The van der Waals surface area contributed by atoms with Gasteiger partial charge in [0.2, 0.25) is 0 Å². The first-order valence-corrected chi connectivity index (χ1v) is 10.8. The third-order valence-electron chi connectivity index (χ3n) is 7.36. The van der Waals surface area contributed by atoms with Gasteiger partial charge < -0.3 is 20.6 Å². The summed E-state index contributed by atoms with van der Waals surface area (Å²) in [5, 5.41) is 10.2. The zero-order chi connectivity index (χ0) is 21.6. The van der Waals surface area contributed by atoms with Gasteiger partial charge in [-0.2, -0.15) is 13.2 Å². The van der Waals surface area contributed by atoms with Crippen LogP contribution in [0.1, 0.15) is 49.7 Å². The molecule has 0 saturated heterocycles. The predicted molar refractivity (Wildman–Crippen MR) is 108 cm³/mol. The average Bonchev–Trinajstić information content (AvgIpc) is 2.67. The van der Waals surface area contributed by atoms with Crippen LogP contribution >= 0.6 is 0 Å². The molecule has 1 aromatic rings. The van der Waals surface area contributed by atoms with Gasteiger partial charge in [0.15, 0.2) is 0 Å². The van der Waals surface area contributed by atoms with E-state index in [4.69, 9.17) is 5.73 Å². The van der Waals surface area contributed by atoms with Crippen molar-refractivity contribution in [3.05, 3.63) is 29.3 Å². The molecule has 2 amide bonds. The molecule has 8 heteroatoms. The maximum Gasteiger partial charge on any atom is 0.416 e. The Kier molecular flexibility index (Phi) is 5.64. The smallest absolute Gasteiger partial charge is 0.393 e. The van der Waals surface area contributed by atoms with Gasteiger partial charge in [-0.15, -0.1) is 0 Å². The quantitative estimate of drug-likeness (QED) is 0.758. The fourth-order valence-electron chi connectivity index (χ4n) is 6.02. The summed E-state index contributed by atoms with van der Waals surface area (Å²) in [7, 11) is 1.76. The van der Waals surface area contributed by atoms with Crippen LogP contribution in [0.5, 0.6) is 0 Å². The summed E-state index contributed by atoms with van der Waals surface area (Å²) in [6.07, 6.45) is 1.24. The van der Waals surface area contributed by atoms with Gasteiger partial charge in [0.25, 0.3) is 0 Å². The fraction of sp³-hybridized carbons (Fsp3) is 0.682. The lowest BCUT2D eigenvalue weighted by Crippen LogP contribution is -2.60. The van der Waals surface area contributed by atoms with Crippen molar-refractivity contribution in [3.63, 3.8) is 0 Å². The zero-order valence-corrected chi connectivity index (χ0v) is 17.2. The van der Waals surface area contributed by atoms with E-state index in [9.17, 15) is 23.1 Å². The monoisotopic (exact) mass is 425 g/mol. The third-order valence-corrected chi connectivity index (χ3v) is 7.36. The number of hydrogen-bond donors (Lipinski definition) is 2. The van der Waals surface area contributed by atoms with Crippen LogP contribution < -0.4 is 10.6 Å². The van der Waals surface area contributed by atoms with Crippen molar-refractivity contribution in [2.45, 2.75) is 69.3 Å². The van der Waals surface area contributed by atoms with Gasteiger partial charge in [0.05, 0.1) is 17.7 Å². The van der Waals surface area contributed by atoms with Gasteiger partial charge in [-0.25, -0.2) is 4.79 Å². The first-order chi connectivity index (χ1) is 14.1. The number of fused-ring (bicyclic) bond motifs is 2. The molecule has 0 spiro atoms. The summed E-state index contributed by atoms with van der Waals surface area (Å²) < 4.78 is 39.4. The second-order valence-electron chi connectivity index (χ2n) is 9.21. The molecule has 2 saturated carbocycles. The lowest BCUT2D eigenvalue weighted by molar-refractivity contribution is -0.137. The number of hydrogen-bond acceptors (Lipinski definition) is 3. The number of halogens is 3. The second-order valence-corrected chi connectivity index (χ2v) is 9.21. The van der Waals surface area contributed by atoms with Gasteiger partial charge in [-0.1, -0.05) is 18.9 Å². The number of benzene rings is 1. The molecule has 2 aliphatic carbocycles. The number of nitrogens with two attached hydrogens (primary N) is 1. The molecule has 3 aliphatic rings. The fourth-order valence-corrected chi connectivity index (χ4v) is 6.02. The molecule has 1 aliphatic heterocycles. The molecule has 1 heterocycles. The minimum atomic E-state index is -4.38. The Balaban J connectivity index is 1.60. The van der Waals surface area contributed by atoms with Gasteiger partial charge in [-0.3, -0.25) is 0 Å². The van der Waals surface area contributed by atoms with Crippen LogP contribution in [-0.2, 0) is 12.6 Å². The maximum absolute atomic E-state index is 13.1. The van der Waals surface area contributed by atoms with Crippen molar-refractivity contribution in [2.75, 3.05) is 18.5 Å². The van der Waals surface area contributed by atoms with Crippen LogP contribution in [0.15, 0.2) is 18.2 Å². The highest BCUT2D eigenvalue weighted by molar-refractivity contribution is 5.73. The van der Waals surface area contributed by atoms with Crippen molar-refractivity contribution >= 4 is 11.7 Å². The highest BCUT2D eigenvalue weighted by Crippen LogP contribution is 2.44. The number of aliphatic hydroxyl groups is 1. The number of urea groups is 1. The maximum atomic E-state index is 13.1. The number of primary amides is 1. The number of alkyl halides is 3. The van der Waals surface area contributed by atoms with E-state index < -0.39 is 17.8 Å². The number of likely N-dealkylation sites (N-methyl/N-ethyl adjacent to an activating group) is 1. The second kappa shape index (κ2) is 7.94. The predicted octanol–water partition coefficient (Wildman–Crippen LogP) is 3.78.